The first-order chi connectivity index (χ1) is 9.85. The van der Waals surface area contributed by atoms with E-state index >= 15 is 0 Å². The van der Waals surface area contributed by atoms with E-state index in [-0.39, 0.29) is 17.7 Å². The minimum absolute atomic E-state index is 0.0259. The van der Waals surface area contributed by atoms with Crippen LogP contribution in [0.1, 0.15) is 56.5 Å². The Kier molecular flexibility index (Phi) is 3.36. The fraction of sp³-hybridized carbons (Fsp3) is 0.611. The molecule has 2 unspecified atom stereocenters. The van der Waals surface area contributed by atoms with Crippen molar-refractivity contribution in [2.75, 3.05) is 0 Å². The van der Waals surface area contributed by atoms with E-state index in [4.69, 9.17) is 0 Å². The van der Waals surface area contributed by atoms with Gasteiger partial charge in [-0.2, -0.15) is 0 Å². The maximum absolute atomic E-state index is 12.9. The van der Waals surface area contributed by atoms with Crippen LogP contribution in [0.3, 0.4) is 0 Å². The van der Waals surface area contributed by atoms with Crippen LogP contribution in [0.25, 0.3) is 0 Å². The van der Waals surface area contributed by atoms with Crippen LogP contribution in [0.4, 0.5) is 0 Å². The van der Waals surface area contributed by atoms with Gasteiger partial charge in [-0.25, -0.2) is 0 Å². The lowest BCUT2D eigenvalue weighted by molar-refractivity contribution is -0.133. The van der Waals surface area contributed by atoms with Crippen molar-refractivity contribution in [3.8, 4) is 0 Å². The quantitative estimate of drug-likeness (QED) is 0.924. The van der Waals surface area contributed by atoms with Crippen molar-refractivity contribution in [3.63, 3.8) is 0 Å². The van der Waals surface area contributed by atoms with Gasteiger partial charge in [-0.05, 0) is 50.7 Å². The standard InChI is InChI=1S/C18H26N2O/c1-11(2)14(5)20-16(19-18(8-9-18)17(20)21)15-7-6-12(3)10-13(15)4/h6-7,10-11,14,16,19H,8-9H2,1-5H3. The number of aryl methyl sites for hydroxylation is 2. The number of rotatable bonds is 3. The van der Waals surface area contributed by atoms with Crippen molar-refractivity contribution in [2.45, 2.75) is 65.2 Å². The van der Waals surface area contributed by atoms with Crippen LogP contribution >= 0.6 is 0 Å². The summed E-state index contributed by atoms with van der Waals surface area (Å²) in [4.78, 5) is 15.0. The second-order valence-corrected chi connectivity index (χ2v) is 7.19. The predicted molar refractivity (Wildman–Crippen MR) is 84.9 cm³/mol. The second kappa shape index (κ2) is 4.84. The molecule has 1 aliphatic carbocycles. The Labute approximate surface area is 127 Å². The Morgan fingerprint density at radius 1 is 1.24 bits per heavy atom. The average molecular weight is 286 g/mol. The number of carbonyl (C=O) groups excluding carboxylic acids is 1. The number of carbonyl (C=O) groups is 1. The summed E-state index contributed by atoms with van der Waals surface area (Å²) < 4.78 is 0. The van der Waals surface area contributed by atoms with Gasteiger partial charge in [0.15, 0.2) is 0 Å². The maximum atomic E-state index is 12.9. The topological polar surface area (TPSA) is 32.3 Å². The van der Waals surface area contributed by atoms with Crippen LogP contribution in [-0.2, 0) is 4.79 Å². The fourth-order valence-electron chi connectivity index (χ4n) is 3.34. The molecule has 0 radical (unpaired) electrons. The van der Waals surface area contributed by atoms with Crippen molar-refractivity contribution in [1.29, 1.82) is 0 Å². The third kappa shape index (κ3) is 2.28. The molecule has 1 aliphatic heterocycles. The Balaban J connectivity index is 2.00. The van der Waals surface area contributed by atoms with Crippen LogP contribution in [0.5, 0.6) is 0 Å². The molecule has 1 saturated heterocycles. The summed E-state index contributed by atoms with van der Waals surface area (Å²) in [6.45, 7) is 10.8. The molecule has 114 valence electrons. The fourth-order valence-corrected chi connectivity index (χ4v) is 3.34. The highest BCUT2D eigenvalue weighted by Crippen LogP contribution is 2.47. The van der Waals surface area contributed by atoms with Crippen LogP contribution in [0, 0.1) is 19.8 Å². The minimum Gasteiger partial charge on any atom is -0.318 e. The Bertz CT molecular complexity index is 575. The van der Waals surface area contributed by atoms with Gasteiger partial charge in [-0.15, -0.1) is 0 Å². The van der Waals surface area contributed by atoms with Crippen molar-refractivity contribution in [3.05, 3.63) is 34.9 Å². The molecule has 1 N–H and O–H groups in total. The third-order valence-electron chi connectivity index (χ3n) is 5.21. The Morgan fingerprint density at radius 3 is 2.43 bits per heavy atom. The molecule has 1 heterocycles. The molecule has 1 aromatic rings. The summed E-state index contributed by atoms with van der Waals surface area (Å²) in [5, 5.41) is 3.63. The SMILES string of the molecule is Cc1ccc(C2NC3(CC3)C(=O)N2C(C)C(C)C)c(C)c1. The van der Waals surface area contributed by atoms with Crippen LogP contribution < -0.4 is 5.32 Å². The molecule has 2 fully saturated rings. The van der Waals surface area contributed by atoms with Gasteiger partial charge in [-0.1, -0.05) is 37.6 Å². The molecule has 0 bridgehead atoms. The Morgan fingerprint density at radius 2 is 1.90 bits per heavy atom. The summed E-state index contributed by atoms with van der Waals surface area (Å²) in [6.07, 6.45) is 1.99. The monoisotopic (exact) mass is 286 g/mol. The van der Waals surface area contributed by atoms with Gasteiger partial charge in [0, 0.05) is 6.04 Å². The number of nitrogens with one attached hydrogen (secondary N) is 1. The van der Waals surface area contributed by atoms with Crippen LogP contribution in [-0.4, -0.2) is 22.4 Å². The van der Waals surface area contributed by atoms with E-state index in [1.54, 1.807) is 0 Å². The van der Waals surface area contributed by atoms with E-state index in [1.165, 1.54) is 16.7 Å². The maximum Gasteiger partial charge on any atom is 0.244 e. The smallest absolute Gasteiger partial charge is 0.244 e. The summed E-state index contributed by atoms with van der Waals surface area (Å²) >= 11 is 0. The number of amides is 1. The van der Waals surface area contributed by atoms with E-state index in [9.17, 15) is 4.79 Å². The molecular formula is C18H26N2O. The second-order valence-electron chi connectivity index (χ2n) is 7.19. The lowest BCUT2D eigenvalue weighted by Gasteiger charge is -2.33. The van der Waals surface area contributed by atoms with Gasteiger partial charge in [0.1, 0.15) is 11.7 Å². The largest absolute Gasteiger partial charge is 0.318 e. The summed E-state index contributed by atoms with van der Waals surface area (Å²) in [6, 6.07) is 6.77. The van der Waals surface area contributed by atoms with E-state index < -0.39 is 0 Å². The Hall–Kier alpha value is -1.35. The van der Waals surface area contributed by atoms with Gasteiger partial charge in [-0.3, -0.25) is 10.1 Å². The number of hydrogen-bond acceptors (Lipinski definition) is 2. The van der Waals surface area contributed by atoms with Gasteiger partial charge < -0.3 is 4.90 Å². The van der Waals surface area contributed by atoms with E-state index in [0.29, 0.717) is 11.8 Å². The zero-order chi connectivity index (χ0) is 15.4. The molecule has 21 heavy (non-hydrogen) atoms. The van der Waals surface area contributed by atoms with Crippen LogP contribution in [0.2, 0.25) is 0 Å². The number of hydrogen-bond donors (Lipinski definition) is 1. The van der Waals surface area contributed by atoms with E-state index in [0.717, 1.165) is 12.8 Å². The van der Waals surface area contributed by atoms with E-state index in [1.807, 2.05) is 0 Å². The first-order valence-electron chi connectivity index (χ1n) is 8.03. The molecule has 3 heteroatoms. The molecule has 1 saturated carbocycles. The average Bonchev–Trinajstić information content (AvgIpc) is 3.12. The normalized spacial score (nSPS) is 25.0. The highest BCUT2D eigenvalue weighted by Gasteiger charge is 2.60. The highest BCUT2D eigenvalue weighted by molar-refractivity contribution is 5.92. The van der Waals surface area contributed by atoms with Crippen molar-refractivity contribution >= 4 is 5.91 Å². The highest BCUT2D eigenvalue weighted by atomic mass is 16.2. The number of nitrogens with zero attached hydrogens (tertiary/aromatic N) is 1. The van der Waals surface area contributed by atoms with Gasteiger partial charge in [0.25, 0.3) is 0 Å². The van der Waals surface area contributed by atoms with Crippen molar-refractivity contribution in [1.82, 2.24) is 10.2 Å². The molecule has 2 aliphatic rings. The van der Waals surface area contributed by atoms with Crippen molar-refractivity contribution in [2.24, 2.45) is 5.92 Å². The van der Waals surface area contributed by atoms with Crippen molar-refractivity contribution < 1.29 is 4.79 Å². The predicted octanol–water partition coefficient (Wildman–Crippen LogP) is 3.31. The third-order valence-corrected chi connectivity index (χ3v) is 5.21. The van der Waals surface area contributed by atoms with Crippen LogP contribution in [0.15, 0.2) is 18.2 Å². The van der Waals surface area contributed by atoms with Gasteiger partial charge in [0.2, 0.25) is 5.91 Å². The summed E-state index contributed by atoms with van der Waals surface area (Å²) in [7, 11) is 0. The first kappa shape index (κ1) is 14.6. The molecule has 0 aromatic heterocycles. The molecule has 1 aromatic carbocycles. The molecule has 3 nitrogen and oxygen atoms in total. The molecule has 3 rings (SSSR count). The minimum atomic E-state index is -0.259. The summed E-state index contributed by atoms with van der Waals surface area (Å²) in [5.74, 6) is 0.756. The lowest BCUT2D eigenvalue weighted by Crippen LogP contribution is -2.41. The lowest BCUT2D eigenvalue weighted by atomic mass is 9.99. The summed E-state index contributed by atoms with van der Waals surface area (Å²) in [5.41, 5.74) is 3.51. The molecule has 2 atom stereocenters. The molecular weight excluding hydrogens is 260 g/mol. The van der Waals surface area contributed by atoms with E-state index in [2.05, 4.69) is 63.0 Å². The first-order valence-corrected chi connectivity index (χ1v) is 8.03. The van der Waals surface area contributed by atoms with Gasteiger partial charge >= 0.3 is 0 Å². The zero-order valence-corrected chi connectivity index (χ0v) is 13.7. The molecule has 1 amide bonds. The zero-order valence-electron chi connectivity index (χ0n) is 13.7. The number of benzene rings is 1. The molecule has 1 spiro atoms. The van der Waals surface area contributed by atoms with Gasteiger partial charge in [0.05, 0.1) is 0 Å².